The molecule has 0 spiro atoms. The van der Waals surface area contributed by atoms with Gasteiger partial charge in [0.2, 0.25) is 0 Å². The van der Waals surface area contributed by atoms with Gasteiger partial charge in [0.05, 0.1) is 5.56 Å². The molecule has 0 atom stereocenters. The van der Waals surface area contributed by atoms with Crippen molar-refractivity contribution in [1.82, 2.24) is 43.6 Å². The van der Waals surface area contributed by atoms with Crippen LogP contribution in [0.25, 0.3) is 67.3 Å². The summed E-state index contributed by atoms with van der Waals surface area (Å²) in [5.41, 5.74) is 5.88. The normalized spacial score (nSPS) is 13.5. The number of nitrogens with zero attached hydrogens (tertiary/aromatic N) is 9. The van der Waals surface area contributed by atoms with Crippen molar-refractivity contribution in [1.29, 1.82) is 0 Å². The molecule has 0 unspecified atom stereocenters. The fraction of sp³-hybridized carbons (Fsp3) is 0.220. The summed E-state index contributed by atoms with van der Waals surface area (Å²) in [6.45, 7) is 3.82. The van der Waals surface area contributed by atoms with Crippen molar-refractivity contribution in [2.45, 2.75) is 58.4 Å². The van der Waals surface area contributed by atoms with Crippen LogP contribution in [0.1, 0.15) is 38.2 Å². The van der Waals surface area contributed by atoms with Crippen molar-refractivity contribution in [3.63, 3.8) is 0 Å². The third-order valence-electron chi connectivity index (χ3n) is 11.3. The third-order valence-corrected chi connectivity index (χ3v) is 11.3. The largest absolute Gasteiger partial charge is 0.416 e. The van der Waals surface area contributed by atoms with Crippen LogP contribution in [0.3, 0.4) is 0 Å². The van der Waals surface area contributed by atoms with E-state index in [1.54, 1.807) is 44.4 Å². The number of aryl methyl sites for hydroxylation is 1. The highest BCUT2D eigenvalue weighted by molar-refractivity contribution is 5.76. The maximum atomic E-state index is 12.9. The molecule has 6 heterocycles. The number of fused-ring (bicyclic) bond motifs is 3. The van der Waals surface area contributed by atoms with E-state index in [-0.39, 0.29) is 22.4 Å². The van der Waals surface area contributed by atoms with Crippen LogP contribution in [-0.2, 0) is 25.8 Å². The molecule has 2 aliphatic rings. The quantitative estimate of drug-likeness (QED) is 0.146. The van der Waals surface area contributed by atoms with Gasteiger partial charge in [-0.2, -0.15) is 13.2 Å². The Labute approximate surface area is 369 Å². The average molecular weight is 874 g/mol. The van der Waals surface area contributed by atoms with E-state index in [9.17, 15) is 27.6 Å². The molecule has 11 rings (SSSR count). The Morgan fingerprint density at radius 1 is 0.477 bits per heavy atom. The Bertz CT molecular complexity index is 3330. The highest BCUT2D eigenvalue weighted by atomic mass is 19.4. The SMILES string of the molecule is CCn1c(=O)c(-c2ccccc2)nc2cccnc21.O=c1c(-c2ccc(C(F)(F)F)cc2)nc2cccnc2n1CC1CC1.O=c1c(-c2ccccc2)nc2cccnc2n1CC1CC1. The van der Waals surface area contributed by atoms with Gasteiger partial charge in [-0.05, 0) is 93.0 Å². The van der Waals surface area contributed by atoms with Crippen molar-refractivity contribution in [2.75, 3.05) is 0 Å². The summed E-state index contributed by atoms with van der Waals surface area (Å²) in [4.78, 5) is 64.4. The second-order valence-corrected chi connectivity index (χ2v) is 16.0. The van der Waals surface area contributed by atoms with Crippen LogP contribution in [0.4, 0.5) is 13.2 Å². The molecule has 0 aliphatic heterocycles. The molecule has 2 fully saturated rings. The molecule has 326 valence electrons. The van der Waals surface area contributed by atoms with Gasteiger partial charge in [-0.1, -0.05) is 72.8 Å². The molecule has 6 aromatic heterocycles. The maximum absolute atomic E-state index is 12.9. The molecular weight excluding hydrogens is 832 g/mol. The first kappa shape index (κ1) is 42.6. The van der Waals surface area contributed by atoms with E-state index in [0.717, 1.165) is 53.7 Å². The Morgan fingerprint density at radius 2 is 0.831 bits per heavy atom. The van der Waals surface area contributed by atoms with Crippen molar-refractivity contribution in [3.8, 4) is 33.8 Å². The van der Waals surface area contributed by atoms with Gasteiger partial charge in [0.1, 0.15) is 33.6 Å². The van der Waals surface area contributed by atoms with Gasteiger partial charge >= 0.3 is 6.18 Å². The molecule has 15 heteroatoms. The fourth-order valence-corrected chi connectivity index (χ4v) is 7.55. The van der Waals surface area contributed by atoms with E-state index in [1.807, 2.05) is 91.9 Å². The number of alkyl halides is 3. The molecule has 0 radical (unpaired) electrons. The number of benzene rings is 3. The van der Waals surface area contributed by atoms with Crippen LogP contribution in [-0.4, -0.2) is 43.6 Å². The van der Waals surface area contributed by atoms with E-state index in [4.69, 9.17) is 0 Å². The van der Waals surface area contributed by atoms with Gasteiger partial charge in [-0.25, -0.2) is 29.9 Å². The summed E-state index contributed by atoms with van der Waals surface area (Å²) >= 11 is 0. The lowest BCUT2D eigenvalue weighted by molar-refractivity contribution is -0.137. The number of hydrogen-bond acceptors (Lipinski definition) is 9. The number of pyridine rings is 3. The van der Waals surface area contributed by atoms with Gasteiger partial charge in [-0.15, -0.1) is 0 Å². The number of hydrogen-bond donors (Lipinski definition) is 0. The van der Waals surface area contributed by atoms with E-state index in [0.29, 0.717) is 64.3 Å². The van der Waals surface area contributed by atoms with Gasteiger partial charge < -0.3 is 0 Å². The van der Waals surface area contributed by atoms with Crippen LogP contribution in [0.2, 0.25) is 0 Å². The molecule has 2 aliphatic carbocycles. The lowest BCUT2D eigenvalue weighted by Crippen LogP contribution is -2.25. The van der Waals surface area contributed by atoms with E-state index in [2.05, 4.69) is 29.9 Å². The van der Waals surface area contributed by atoms with Crippen molar-refractivity contribution in [3.05, 3.63) is 177 Å². The Balaban J connectivity index is 0.000000124. The summed E-state index contributed by atoms with van der Waals surface area (Å²) in [7, 11) is 0. The van der Waals surface area contributed by atoms with Crippen LogP contribution >= 0.6 is 0 Å². The van der Waals surface area contributed by atoms with E-state index < -0.39 is 11.7 Å². The maximum Gasteiger partial charge on any atom is 0.416 e. The molecule has 65 heavy (non-hydrogen) atoms. The van der Waals surface area contributed by atoms with Crippen molar-refractivity contribution < 1.29 is 13.2 Å². The van der Waals surface area contributed by atoms with Gasteiger partial charge in [0.25, 0.3) is 16.7 Å². The van der Waals surface area contributed by atoms with E-state index in [1.165, 1.54) is 25.0 Å². The zero-order valence-corrected chi connectivity index (χ0v) is 35.3. The smallest absolute Gasteiger partial charge is 0.290 e. The molecule has 9 aromatic rings. The first-order valence-electron chi connectivity index (χ1n) is 21.4. The van der Waals surface area contributed by atoms with Gasteiger partial charge in [-0.3, -0.25) is 28.1 Å². The Hall–Kier alpha value is -7.68. The first-order chi connectivity index (χ1) is 31.6. The predicted molar refractivity (Wildman–Crippen MR) is 244 cm³/mol. The minimum absolute atomic E-state index is 0.0423. The zero-order valence-electron chi connectivity index (χ0n) is 35.3. The van der Waals surface area contributed by atoms with Crippen LogP contribution in [0, 0.1) is 11.8 Å². The second kappa shape index (κ2) is 18.2. The van der Waals surface area contributed by atoms with Gasteiger partial charge in [0, 0.05) is 54.9 Å². The summed E-state index contributed by atoms with van der Waals surface area (Å²) < 4.78 is 43.2. The lowest BCUT2D eigenvalue weighted by Gasteiger charge is -2.12. The molecule has 0 N–H and O–H groups in total. The van der Waals surface area contributed by atoms with Crippen LogP contribution in [0.15, 0.2) is 154 Å². The average Bonchev–Trinajstić information content (AvgIpc) is 4.29. The molecular formula is C50H42F3N9O3. The summed E-state index contributed by atoms with van der Waals surface area (Å²) in [6.07, 6.45) is 5.12. The summed E-state index contributed by atoms with van der Waals surface area (Å²) in [5.74, 6) is 1.06. The van der Waals surface area contributed by atoms with Crippen molar-refractivity contribution >= 4 is 33.5 Å². The minimum atomic E-state index is -4.41. The monoisotopic (exact) mass is 873 g/mol. The van der Waals surface area contributed by atoms with Crippen LogP contribution < -0.4 is 16.7 Å². The number of rotatable bonds is 8. The van der Waals surface area contributed by atoms with Gasteiger partial charge in [0.15, 0.2) is 16.9 Å². The molecule has 0 bridgehead atoms. The molecule has 3 aromatic carbocycles. The molecule has 0 amide bonds. The minimum Gasteiger partial charge on any atom is -0.290 e. The topological polar surface area (TPSA) is 143 Å². The molecule has 2 saturated carbocycles. The number of aromatic nitrogens is 9. The molecule has 0 saturated heterocycles. The highest BCUT2D eigenvalue weighted by Crippen LogP contribution is 2.33. The third kappa shape index (κ3) is 9.35. The van der Waals surface area contributed by atoms with E-state index >= 15 is 0 Å². The number of halogens is 3. The first-order valence-corrected chi connectivity index (χ1v) is 21.4. The standard InChI is InChI=1S/C18H14F3N3O.C17H15N3O.C15H13N3O/c19-18(20,21)13-7-5-12(6-8-13)15-17(25)24(10-11-3-4-11)16-14(23-15)2-1-9-22-16;21-17-15(13-5-2-1-3-6-13)19-14-7-4-10-18-16(14)20(17)11-12-8-9-12;1-2-18-14-12(9-6-10-16-14)17-13(15(18)19)11-7-4-3-5-8-11/h1-2,5-9,11H,3-4,10H2;1-7,10,12H,8-9,11H2;3-10H,2H2,1H3. The Kier molecular flexibility index (Phi) is 11.9. The lowest BCUT2D eigenvalue weighted by atomic mass is 10.1. The highest BCUT2D eigenvalue weighted by Gasteiger charge is 2.31. The summed E-state index contributed by atoms with van der Waals surface area (Å²) in [6, 6.07) is 34.6. The summed E-state index contributed by atoms with van der Waals surface area (Å²) in [5, 5.41) is 0. The fourth-order valence-electron chi connectivity index (χ4n) is 7.55. The second-order valence-electron chi connectivity index (χ2n) is 16.0. The Morgan fingerprint density at radius 3 is 1.18 bits per heavy atom. The molecule has 12 nitrogen and oxygen atoms in total. The van der Waals surface area contributed by atoms with Crippen molar-refractivity contribution in [2.24, 2.45) is 11.8 Å². The zero-order chi connectivity index (χ0) is 45.1. The van der Waals surface area contributed by atoms with Crippen LogP contribution in [0.5, 0.6) is 0 Å². The predicted octanol–water partition coefficient (Wildman–Crippen LogP) is 9.23.